The fourth-order valence-electron chi connectivity index (χ4n) is 5.43. The van der Waals surface area contributed by atoms with Crippen LogP contribution in [0.25, 0.3) is 11.3 Å². The number of aromatic nitrogens is 2. The summed E-state index contributed by atoms with van der Waals surface area (Å²) in [6.45, 7) is 6.39. The van der Waals surface area contributed by atoms with E-state index >= 15 is 0 Å². The lowest BCUT2D eigenvalue weighted by molar-refractivity contribution is -0.154. The molecule has 3 heterocycles. The molecule has 3 aliphatic rings. The highest BCUT2D eigenvalue weighted by Gasteiger charge is 2.58. The zero-order chi connectivity index (χ0) is 18.8. The van der Waals surface area contributed by atoms with Crippen molar-refractivity contribution in [3.05, 3.63) is 34.8 Å². The molecule has 0 unspecified atom stereocenters. The zero-order valence-corrected chi connectivity index (χ0v) is 16.6. The van der Waals surface area contributed by atoms with Crippen LogP contribution in [-0.4, -0.2) is 40.3 Å². The summed E-state index contributed by atoms with van der Waals surface area (Å²) in [4.78, 5) is 6.70. The Morgan fingerprint density at radius 3 is 2.33 bits per heavy atom. The van der Waals surface area contributed by atoms with Crippen molar-refractivity contribution < 1.29 is 9.63 Å². The van der Waals surface area contributed by atoms with Crippen molar-refractivity contribution in [2.24, 2.45) is 5.41 Å². The summed E-state index contributed by atoms with van der Waals surface area (Å²) in [6, 6.07) is 0. The molecule has 5 heteroatoms. The molecule has 2 aromatic rings. The van der Waals surface area contributed by atoms with E-state index in [-0.39, 0.29) is 0 Å². The first-order valence-electron chi connectivity index (χ1n) is 10.2. The van der Waals surface area contributed by atoms with Crippen LogP contribution in [0.5, 0.6) is 0 Å². The predicted molar refractivity (Wildman–Crippen MR) is 103 cm³/mol. The van der Waals surface area contributed by atoms with E-state index in [1.807, 2.05) is 12.4 Å². The normalized spacial score (nSPS) is 24.1. The third-order valence-electron chi connectivity index (χ3n) is 7.08. The van der Waals surface area contributed by atoms with Crippen LogP contribution in [0, 0.1) is 19.3 Å². The summed E-state index contributed by atoms with van der Waals surface area (Å²) in [5.74, 6) is 1.37. The van der Waals surface area contributed by atoms with Gasteiger partial charge in [0, 0.05) is 23.9 Å². The van der Waals surface area contributed by atoms with Crippen LogP contribution in [0.2, 0.25) is 0 Å². The smallest absolute Gasteiger partial charge is 0.146 e. The second-order valence-corrected chi connectivity index (χ2v) is 9.38. The topological polar surface area (TPSA) is 62.4 Å². The van der Waals surface area contributed by atoms with Crippen molar-refractivity contribution >= 4 is 0 Å². The first kappa shape index (κ1) is 17.4. The fourth-order valence-corrected chi connectivity index (χ4v) is 5.43. The summed E-state index contributed by atoms with van der Waals surface area (Å²) in [7, 11) is 2.19. The molecule has 144 valence electrons. The number of likely N-dealkylation sites (tertiary alicyclic amines) is 1. The minimum absolute atomic E-state index is 0.291. The first-order valence-corrected chi connectivity index (χ1v) is 10.2. The van der Waals surface area contributed by atoms with Gasteiger partial charge in [-0.1, -0.05) is 5.16 Å². The number of aliphatic hydroxyl groups is 1. The van der Waals surface area contributed by atoms with Gasteiger partial charge in [-0.2, -0.15) is 0 Å². The number of hydrogen-bond donors (Lipinski definition) is 1. The van der Waals surface area contributed by atoms with E-state index in [0.29, 0.717) is 11.3 Å². The third kappa shape index (κ3) is 2.74. The molecule has 0 radical (unpaired) electrons. The van der Waals surface area contributed by atoms with E-state index in [9.17, 15) is 5.11 Å². The van der Waals surface area contributed by atoms with Crippen LogP contribution < -0.4 is 0 Å². The molecular weight excluding hydrogens is 338 g/mol. The lowest BCUT2D eigenvalue weighted by Gasteiger charge is -2.56. The number of piperidine rings is 1. The lowest BCUT2D eigenvalue weighted by Crippen LogP contribution is -2.54. The molecule has 3 fully saturated rings. The Labute approximate surface area is 160 Å². The third-order valence-corrected chi connectivity index (χ3v) is 7.08. The molecule has 5 rings (SSSR count). The molecule has 1 aliphatic heterocycles. The monoisotopic (exact) mass is 367 g/mol. The van der Waals surface area contributed by atoms with Crippen molar-refractivity contribution in [1.82, 2.24) is 15.0 Å². The van der Waals surface area contributed by atoms with Gasteiger partial charge in [-0.3, -0.25) is 4.98 Å². The van der Waals surface area contributed by atoms with Crippen LogP contribution in [0.3, 0.4) is 0 Å². The molecule has 1 spiro atoms. The molecule has 2 aliphatic carbocycles. The predicted octanol–water partition coefficient (Wildman–Crippen LogP) is 3.92. The quantitative estimate of drug-likeness (QED) is 0.891. The van der Waals surface area contributed by atoms with E-state index in [1.165, 1.54) is 12.8 Å². The van der Waals surface area contributed by atoms with Gasteiger partial charge in [0.1, 0.15) is 11.5 Å². The van der Waals surface area contributed by atoms with E-state index in [2.05, 4.69) is 35.9 Å². The van der Waals surface area contributed by atoms with E-state index in [1.54, 1.807) is 0 Å². The highest BCUT2D eigenvalue weighted by atomic mass is 16.5. The number of hydrogen-bond acceptors (Lipinski definition) is 5. The standard InChI is InChI=1S/C22H29N3O2/c1-14-10-23-11-15(2)17(14)19-18(20(27-24-19)16-4-5-16)22(26)12-21(13-22)6-8-25(3)9-7-21/h10-11,16,26H,4-9,12-13H2,1-3H3. The Bertz CT molecular complexity index is 847. The second kappa shape index (κ2) is 5.89. The average molecular weight is 367 g/mol. The molecule has 0 amide bonds. The van der Waals surface area contributed by atoms with Gasteiger partial charge < -0.3 is 14.5 Å². The molecule has 1 N–H and O–H groups in total. The summed E-state index contributed by atoms with van der Waals surface area (Å²) in [5, 5.41) is 16.2. The van der Waals surface area contributed by atoms with E-state index < -0.39 is 5.60 Å². The summed E-state index contributed by atoms with van der Waals surface area (Å²) in [6.07, 6.45) is 10.1. The highest BCUT2D eigenvalue weighted by molar-refractivity contribution is 5.71. The first-order chi connectivity index (χ1) is 12.9. The average Bonchev–Trinajstić information content (AvgIpc) is 3.36. The van der Waals surface area contributed by atoms with Crippen LogP contribution >= 0.6 is 0 Å². The van der Waals surface area contributed by atoms with Crippen LogP contribution in [0.1, 0.15) is 66.9 Å². The Morgan fingerprint density at radius 2 is 1.74 bits per heavy atom. The second-order valence-electron chi connectivity index (χ2n) is 9.38. The number of nitrogens with zero attached hydrogens (tertiary/aromatic N) is 3. The van der Waals surface area contributed by atoms with Gasteiger partial charge in [-0.25, -0.2) is 0 Å². The zero-order valence-electron chi connectivity index (χ0n) is 16.6. The SMILES string of the molecule is Cc1cncc(C)c1-c1noc(C2CC2)c1C1(O)CC2(CCN(C)CC2)C1. The van der Waals surface area contributed by atoms with Gasteiger partial charge >= 0.3 is 0 Å². The number of rotatable bonds is 3. The van der Waals surface area contributed by atoms with Crippen LogP contribution in [0.4, 0.5) is 0 Å². The Kier molecular flexibility index (Phi) is 3.79. The van der Waals surface area contributed by atoms with Crippen molar-refractivity contribution in [3.63, 3.8) is 0 Å². The van der Waals surface area contributed by atoms with Crippen molar-refractivity contribution in [2.45, 2.75) is 63.9 Å². The molecular formula is C22H29N3O2. The van der Waals surface area contributed by atoms with Crippen molar-refractivity contribution in [3.8, 4) is 11.3 Å². The number of pyridine rings is 1. The molecule has 2 aromatic heterocycles. The molecule has 0 aromatic carbocycles. The molecule has 1 saturated heterocycles. The largest absolute Gasteiger partial charge is 0.385 e. The Balaban J connectivity index is 1.55. The van der Waals surface area contributed by atoms with Crippen molar-refractivity contribution in [2.75, 3.05) is 20.1 Å². The van der Waals surface area contributed by atoms with Gasteiger partial charge in [-0.05, 0) is 89.1 Å². The van der Waals surface area contributed by atoms with Gasteiger partial charge in [-0.15, -0.1) is 0 Å². The van der Waals surface area contributed by atoms with Gasteiger partial charge in [0.2, 0.25) is 0 Å². The summed E-state index contributed by atoms with van der Waals surface area (Å²) < 4.78 is 5.86. The summed E-state index contributed by atoms with van der Waals surface area (Å²) >= 11 is 0. The minimum Gasteiger partial charge on any atom is -0.385 e. The maximum Gasteiger partial charge on any atom is 0.146 e. The maximum absolute atomic E-state index is 11.7. The molecule has 27 heavy (non-hydrogen) atoms. The minimum atomic E-state index is -0.800. The van der Waals surface area contributed by atoms with E-state index in [4.69, 9.17) is 4.52 Å². The molecule has 0 atom stereocenters. The van der Waals surface area contributed by atoms with Crippen LogP contribution in [-0.2, 0) is 5.60 Å². The Morgan fingerprint density at radius 1 is 1.11 bits per heavy atom. The van der Waals surface area contributed by atoms with Crippen molar-refractivity contribution in [1.29, 1.82) is 0 Å². The summed E-state index contributed by atoms with van der Waals surface area (Å²) in [5.41, 5.74) is 4.57. The molecule has 5 nitrogen and oxygen atoms in total. The maximum atomic E-state index is 11.7. The van der Waals surface area contributed by atoms with Gasteiger partial charge in [0.25, 0.3) is 0 Å². The number of aryl methyl sites for hydroxylation is 2. The van der Waals surface area contributed by atoms with Gasteiger partial charge in [0.05, 0.1) is 11.2 Å². The Hall–Kier alpha value is -1.72. The fraction of sp³-hybridized carbons (Fsp3) is 0.636. The van der Waals surface area contributed by atoms with E-state index in [0.717, 1.165) is 72.5 Å². The highest BCUT2D eigenvalue weighted by Crippen LogP contribution is 2.62. The van der Waals surface area contributed by atoms with Gasteiger partial charge in [0.15, 0.2) is 0 Å². The lowest BCUT2D eigenvalue weighted by atomic mass is 9.53. The molecule has 0 bridgehead atoms. The molecule has 2 saturated carbocycles. The van der Waals surface area contributed by atoms with Crippen LogP contribution in [0.15, 0.2) is 16.9 Å².